The van der Waals surface area contributed by atoms with Crippen molar-refractivity contribution >= 4 is 18.3 Å². The van der Waals surface area contributed by atoms with Gasteiger partial charge in [0.2, 0.25) is 5.91 Å². The predicted octanol–water partition coefficient (Wildman–Crippen LogP) is 2.48. The molecule has 26 heavy (non-hydrogen) atoms. The summed E-state index contributed by atoms with van der Waals surface area (Å²) in [6, 6.07) is 13.6. The molecule has 2 aromatic rings. The van der Waals surface area contributed by atoms with Crippen molar-refractivity contribution in [2.75, 3.05) is 26.2 Å². The molecule has 1 aromatic heterocycles. The Bertz CT molecular complexity index is 675. The van der Waals surface area contributed by atoms with Crippen molar-refractivity contribution in [1.29, 1.82) is 0 Å². The van der Waals surface area contributed by atoms with E-state index in [9.17, 15) is 4.79 Å². The van der Waals surface area contributed by atoms with Crippen LogP contribution >= 0.6 is 12.4 Å². The first-order valence-electron chi connectivity index (χ1n) is 8.85. The minimum absolute atomic E-state index is 0. The molecule has 0 radical (unpaired) electrons. The molecule has 1 saturated heterocycles. The van der Waals surface area contributed by atoms with Crippen LogP contribution in [0.2, 0.25) is 0 Å². The quantitative estimate of drug-likeness (QED) is 0.873. The summed E-state index contributed by atoms with van der Waals surface area (Å²) in [4.78, 5) is 21.3. The average Bonchev–Trinajstić information content (AvgIpc) is 2.68. The molecule has 3 rings (SSSR count). The van der Waals surface area contributed by atoms with Gasteiger partial charge in [0.1, 0.15) is 0 Å². The van der Waals surface area contributed by atoms with Gasteiger partial charge in [-0.2, -0.15) is 0 Å². The molecule has 1 fully saturated rings. The SMILES string of the molecule is CC(C(=O)N1CCN(Cc2cccnc2)CC1)C(N)c1ccccc1.Cl. The number of rotatable bonds is 5. The zero-order valence-corrected chi connectivity index (χ0v) is 15.9. The van der Waals surface area contributed by atoms with E-state index in [1.807, 2.05) is 54.4 Å². The molecule has 1 aliphatic heterocycles. The number of hydrogen-bond acceptors (Lipinski definition) is 4. The van der Waals surface area contributed by atoms with Crippen molar-refractivity contribution in [1.82, 2.24) is 14.8 Å². The number of halogens is 1. The summed E-state index contributed by atoms with van der Waals surface area (Å²) >= 11 is 0. The number of nitrogens with zero attached hydrogens (tertiary/aromatic N) is 3. The molecule has 2 N–H and O–H groups in total. The fourth-order valence-corrected chi connectivity index (χ4v) is 3.28. The summed E-state index contributed by atoms with van der Waals surface area (Å²) in [6.45, 7) is 6.09. The number of amides is 1. The maximum atomic E-state index is 12.8. The Morgan fingerprint density at radius 1 is 1.12 bits per heavy atom. The molecule has 1 aliphatic rings. The van der Waals surface area contributed by atoms with Crippen LogP contribution in [0, 0.1) is 5.92 Å². The topological polar surface area (TPSA) is 62.5 Å². The molecular weight excluding hydrogens is 348 g/mol. The van der Waals surface area contributed by atoms with Crippen LogP contribution in [-0.2, 0) is 11.3 Å². The summed E-state index contributed by atoms with van der Waals surface area (Å²) in [5.74, 6) is -0.0651. The van der Waals surface area contributed by atoms with Crippen molar-refractivity contribution in [3.63, 3.8) is 0 Å². The third-order valence-electron chi connectivity index (χ3n) is 4.93. The number of hydrogen-bond donors (Lipinski definition) is 1. The van der Waals surface area contributed by atoms with Crippen molar-refractivity contribution in [2.45, 2.75) is 19.5 Å². The third-order valence-corrected chi connectivity index (χ3v) is 4.93. The van der Waals surface area contributed by atoms with Crippen LogP contribution in [0.25, 0.3) is 0 Å². The van der Waals surface area contributed by atoms with Gasteiger partial charge in [0.25, 0.3) is 0 Å². The van der Waals surface area contributed by atoms with E-state index >= 15 is 0 Å². The van der Waals surface area contributed by atoms with Crippen molar-refractivity contribution in [2.24, 2.45) is 11.7 Å². The van der Waals surface area contributed by atoms with E-state index in [-0.39, 0.29) is 30.3 Å². The van der Waals surface area contributed by atoms with Crippen LogP contribution < -0.4 is 5.73 Å². The maximum Gasteiger partial charge on any atom is 0.227 e. The standard InChI is InChI=1S/C20H26N4O.ClH/c1-16(19(21)18-7-3-2-4-8-18)20(25)24-12-10-23(11-13-24)15-17-6-5-9-22-14-17;/h2-9,14,16,19H,10-13,15,21H2,1H3;1H. The lowest BCUT2D eigenvalue weighted by atomic mass is 9.94. The van der Waals surface area contributed by atoms with Gasteiger partial charge in [0, 0.05) is 51.2 Å². The third kappa shape index (κ3) is 5.04. The number of pyridine rings is 1. The second kappa shape index (κ2) is 9.67. The number of carbonyl (C=O) groups is 1. The van der Waals surface area contributed by atoms with Gasteiger partial charge in [0.15, 0.2) is 0 Å². The summed E-state index contributed by atoms with van der Waals surface area (Å²) in [5.41, 5.74) is 8.53. The van der Waals surface area contributed by atoms with Gasteiger partial charge < -0.3 is 10.6 Å². The van der Waals surface area contributed by atoms with Gasteiger partial charge in [-0.25, -0.2) is 0 Å². The molecular formula is C20H27ClN4O. The Morgan fingerprint density at radius 3 is 2.42 bits per heavy atom. The molecule has 2 unspecified atom stereocenters. The average molecular weight is 375 g/mol. The molecule has 2 heterocycles. The van der Waals surface area contributed by atoms with E-state index in [2.05, 4.69) is 16.0 Å². The first-order valence-corrected chi connectivity index (χ1v) is 8.85. The Labute approximate surface area is 161 Å². The summed E-state index contributed by atoms with van der Waals surface area (Å²) in [6.07, 6.45) is 3.69. The van der Waals surface area contributed by atoms with Crippen LogP contribution in [0.5, 0.6) is 0 Å². The maximum absolute atomic E-state index is 12.8. The molecule has 5 nitrogen and oxygen atoms in total. The second-order valence-corrected chi connectivity index (χ2v) is 6.69. The van der Waals surface area contributed by atoms with Crippen LogP contribution in [0.3, 0.4) is 0 Å². The summed E-state index contributed by atoms with van der Waals surface area (Å²) in [5, 5.41) is 0. The molecule has 6 heteroatoms. The van der Waals surface area contributed by atoms with E-state index in [4.69, 9.17) is 5.73 Å². The van der Waals surface area contributed by atoms with Gasteiger partial charge in [-0.05, 0) is 17.2 Å². The zero-order valence-electron chi connectivity index (χ0n) is 15.1. The van der Waals surface area contributed by atoms with Gasteiger partial charge in [0.05, 0.1) is 5.92 Å². The van der Waals surface area contributed by atoms with Gasteiger partial charge >= 0.3 is 0 Å². The molecule has 140 valence electrons. The van der Waals surface area contributed by atoms with Crippen LogP contribution in [-0.4, -0.2) is 46.9 Å². The number of carbonyl (C=O) groups excluding carboxylic acids is 1. The predicted molar refractivity (Wildman–Crippen MR) is 106 cm³/mol. The molecule has 0 spiro atoms. The van der Waals surface area contributed by atoms with E-state index in [1.165, 1.54) is 5.56 Å². The molecule has 0 saturated carbocycles. The minimum Gasteiger partial charge on any atom is -0.340 e. The van der Waals surface area contributed by atoms with Crippen molar-refractivity contribution in [3.05, 3.63) is 66.0 Å². The summed E-state index contributed by atoms with van der Waals surface area (Å²) in [7, 11) is 0. The Morgan fingerprint density at radius 2 is 1.81 bits per heavy atom. The zero-order chi connectivity index (χ0) is 17.6. The van der Waals surface area contributed by atoms with E-state index < -0.39 is 0 Å². The lowest BCUT2D eigenvalue weighted by Gasteiger charge is -2.36. The minimum atomic E-state index is -0.262. The van der Waals surface area contributed by atoms with Crippen molar-refractivity contribution in [3.8, 4) is 0 Å². The Hall–Kier alpha value is -1.95. The first-order chi connectivity index (χ1) is 12.1. The number of aromatic nitrogens is 1. The highest BCUT2D eigenvalue weighted by atomic mass is 35.5. The number of piperazine rings is 1. The number of nitrogens with two attached hydrogens (primary N) is 1. The lowest BCUT2D eigenvalue weighted by molar-refractivity contribution is -0.137. The lowest BCUT2D eigenvalue weighted by Crippen LogP contribution is -2.50. The van der Waals surface area contributed by atoms with Gasteiger partial charge in [-0.1, -0.05) is 43.3 Å². The molecule has 2 atom stereocenters. The number of benzene rings is 1. The van der Waals surface area contributed by atoms with Crippen LogP contribution in [0.4, 0.5) is 0 Å². The fraction of sp³-hybridized carbons (Fsp3) is 0.400. The summed E-state index contributed by atoms with van der Waals surface area (Å²) < 4.78 is 0. The van der Waals surface area contributed by atoms with Crippen LogP contribution in [0.15, 0.2) is 54.9 Å². The molecule has 1 aromatic carbocycles. The van der Waals surface area contributed by atoms with Crippen molar-refractivity contribution < 1.29 is 4.79 Å². The fourth-order valence-electron chi connectivity index (χ4n) is 3.28. The van der Waals surface area contributed by atoms with Gasteiger partial charge in [-0.15, -0.1) is 12.4 Å². The monoisotopic (exact) mass is 374 g/mol. The van der Waals surface area contributed by atoms with Gasteiger partial charge in [-0.3, -0.25) is 14.7 Å². The smallest absolute Gasteiger partial charge is 0.227 e. The molecule has 1 amide bonds. The Kier molecular flexibility index (Phi) is 7.57. The molecule has 0 bridgehead atoms. The highest BCUT2D eigenvalue weighted by molar-refractivity contribution is 5.85. The Balaban J connectivity index is 0.00000243. The van der Waals surface area contributed by atoms with E-state index in [1.54, 1.807) is 6.20 Å². The van der Waals surface area contributed by atoms with Crippen LogP contribution in [0.1, 0.15) is 24.1 Å². The second-order valence-electron chi connectivity index (χ2n) is 6.69. The largest absolute Gasteiger partial charge is 0.340 e. The normalized spacial score (nSPS) is 17.2. The van der Waals surface area contributed by atoms with E-state index in [0.29, 0.717) is 0 Å². The van der Waals surface area contributed by atoms with E-state index in [0.717, 1.165) is 38.3 Å². The first kappa shape index (κ1) is 20.4. The molecule has 0 aliphatic carbocycles. The highest BCUT2D eigenvalue weighted by Crippen LogP contribution is 2.22. The highest BCUT2D eigenvalue weighted by Gasteiger charge is 2.29.